The monoisotopic (exact) mass is 429 g/mol. The van der Waals surface area contributed by atoms with E-state index in [1.807, 2.05) is 0 Å². The Morgan fingerprint density at radius 2 is 1.04 bits per heavy atom. The summed E-state index contributed by atoms with van der Waals surface area (Å²) in [6.07, 6.45) is 1.41. The first kappa shape index (κ1) is 24.5. The van der Waals surface area contributed by atoms with Crippen LogP contribution in [0.5, 0.6) is 0 Å². The molecule has 1 rings (SSSR count). The van der Waals surface area contributed by atoms with E-state index in [4.69, 9.17) is 0 Å². The summed E-state index contributed by atoms with van der Waals surface area (Å²) >= 11 is 0. The average molecular weight is 430 g/mol. The molecule has 25 heavy (non-hydrogen) atoms. The maximum absolute atomic E-state index is 2.65. The molecule has 0 nitrogen and oxygen atoms in total. The van der Waals surface area contributed by atoms with Crippen LogP contribution < -0.4 is 0 Å². The molecule has 2 unspecified atom stereocenters. The molecule has 1 aliphatic carbocycles. The Bertz CT molecular complexity index is 406. The lowest BCUT2D eigenvalue weighted by atomic mass is 9.91. The summed E-state index contributed by atoms with van der Waals surface area (Å²) in [6, 6.07) is 0. The van der Waals surface area contributed by atoms with Gasteiger partial charge in [0.25, 0.3) is 0 Å². The van der Waals surface area contributed by atoms with Crippen LogP contribution in [0.15, 0.2) is 0 Å². The van der Waals surface area contributed by atoms with Gasteiger partial charge in [-0.05, 0) is 40.7 Å². The number of rotatable bonds is 7. The zero-order valence-electron chi connectivity index (χ0n) is 19.2. The second-order valence-electron chi connectivity index (χ2n) is 11.1. The molecule has 2 atom stereocenters. The van der Waals surface area contributed by atoms with Gasteiger partial charge in [0.15, 0.2) is 0 Å². The van der Waals surface area contributed by atoms with Gasteiger partial charge in [-0.15, -0.1) is 7.82 Å². The molecule has 0 aromatic heterocycles. The average Bonchev–Trinajstić information content (AvgIpc) is 2.51. The van der Waals surface area contributed by atoms with Crippen molar-refractivity contribution >= 4 is 39.3 Å². The maximum Gasteiger partial charge on any atom is 0.0734 e. The molecule has 1 saturated carbocycles. The van der Waals surface area contributed by atoms with Gasteiger partial charge in [-0.3, -0.25) is 0 Å². The van der Waals surface area contributed by atoms with E-state index in [9.17, 15) is 0 Å². The van der Waals surface area contributed by atoms with Crippen LogP contribution in [-0.2, 0) is 0 Å². The lowest BCUT2D eigenvalue weighted by molar-refractivity contribution is 0.973. The van der Waals surface area contributed by atoms with Crippen molar-refractivity contribution in [3.8, 4) is 0 Å². The fourth-order valence-electron chi connectivity index (χ4n) is 4.56. The first-order valence-corrected chi connectivity index (χ1v) is 24.8. The predicted molar refractivity (Wildman–Crippen MR) is 133 cm³/mol. The van der Waals surface area contributed by atoms with E-state index in [1.54, 1.807) is 29.6 Å². The summed E-state index contributed by atoms with van der Waals surface area (Å²) in [6.45, 7) is 33.2. The van der Waals surface area contributed by atoms with Gasteiger partial charge in [-0.2, -0.15) is 0 Å². The molecule has 5 heteroatoms. The quantitative estimate of drug-likeness (QED) is 0.284. The van der Waals surface area contributed by atoms with Crippen molar-refractivity contribution < 1.29 is 0 Å². The Hall–Kier alpha value is 1.51. The minimum absolute atomic E-state index is 0.117. The van der Waals surface area contributed by atoms with Gasteiger partial charge in [0.1, 0.15) is 0 Å². The Morgan fingerprint density at radius 1 is 0.680 bits per heavy atom. The van der Waals surface area contributed by atoms with E-state index in [-0.39, 0.29) is 7.61 Å². The molecular weight excluding hydrogens is 386 g/mol. The highest BCUT2D eigenvalue weighted by molar-refractivity contribution is 8.36. The minimum Gasteiger partial charge on any atom is -0.108 e. The third kappa shape index (κ3) is 6.52. The number of hydrogen-bond donors (Lipinski definition) is 0. The fraction of sp³-hybridized carbons (Fsp3) is 0.750. The van der Waals surface area contributed by atoms with E-state index in [0.29, 0.717) is 0 Å². The normalized spacial score (nSPS) is 22.8. The van der Waals surface area contributed by atoms with Gasteiger partial charge in [0.05, 0.1) is 7.74 Å². The molecule has 0 bridgehead atoms. The van der Waals surface area contributed by atoms with Crippen LogP contribution in [0, 0.1) is 29.6 Å². The Kier molecular flexibility index (Phi) is 8.33. The van der Waals surface area contributed by atoms with Gasteiger partial charge in [0.2, 0.25) is 0 Å². The molecule has 0 saturated heterocycles. The van der Waals surface area contributed by atoms with Crippen LogP contribution in [0.25, 0.3) is 0 Å². The molecule has 0 amide bonds. The first-order chi connectivity index (χ1) is 11.0. The van der Waals surface area contributed by atoms with E-state index < -0.39 is 23.9 Å². The highest BCUT2D eigenvalue weighted by atomic mass is 32.2. The van der Waals surface area contributed by atoms with Crippen LogP contribution in [0.4, 0.5) is 0 Å². The van der Waals surface area contributed by atoms with Crippen LogP contribution in [0.2, 0.25) is 58.9 Å². The van der Waals surface area contributed by atoms with E-state index >= 15 is 0 Å². The van der Waals surface area contributed by atoms with Crippen LogP contribution >= 0.6 is 15.4 Å². The predicted octanol–water partition coefficient (Wildman–Crippen LogP) is 7.99. The minimum atomic E-state index is -1.16. The Labute approximate surface area is 166 Å². The second kappa shape index (κ2) is 8.48. The fourth-order valence-corrected chi connectivity index (χ4v) is 48.8. The van der Waals surface area contributed by atoms with Crippen molar-refractivity contribution in [1.82, 2.24) is 0 Å². The summed E-state index contributed by atoms with van der Waals surface area (Å²) < 4.78 is 0. The zero-order chi connectivity index (χ0) is 20.0. The highest BCUT2D eigenvalue weighted by Gasteiger charge is 2.49. The van der Waals surface area contributed by atoms with Gasteiger partial charge in [-0.25, -0.2) is 0 Å². The maximum atomic E-state index is 2.65. The molecule has 0 heterocycles. The van der Waals surface area contributed by atoms with Crippen LogP contribution in [0.3, 0.4) is 0 Å². The smallest absolute Gasteiger partial charge is 0.0734 e. The summed E-state index contributed by atoms with van der Waals surface area (Å²) in [4.78, 5) is 1.08. The highest BCUT2D eigenvalue weighted by Crippen LogP contribution is 2.70. The molecule has 0 N–H and O–H groups in total. The molecule has 0 aromatic carbocycles. The molecule has 0 aromatic rings. The van der Waals surface area contributed by atoms with E-state index in [0.717, 1.165) is 4.91 Å². The molecule has 5 radical (unpaired) electrons. The molecule has 0 spiro atoms. The SMILES string of the molecule is C[C]1[C](C)[C](C)[C](CP(P[Si](C)(C)C)C([Si](C)(C)C)[Si](C)(C)C)[C]1C. The van der Waals surface area contributed by atoms with Crippen molar-refractivity contribution in [3.05, 3.63) is 29.6 Å². The van der Waals surface area contributed by atoms with Crippen LogP contribution in [0.1, 0.15) is 27.7 Å². The van der Waals surface area contributed by atoms with Crippen molar-refractivity contribution in [2.24, 2.45) is 0 Å². The third-order valence-electron chi connectivity index (χ3n) is 5.35. The molecule has 145 valence electrons. The van der Waals surface area contributed by atoms with Gasteiger partial charge in [-0.1, -0.05) is 94.2 Å². The Morgan fingerprint density at radius 3 is 1.32 bits per heavy atom. The summed E-state index contributed by atoms with van der Waals surface area (Å²) in [7, 11) is -1.98. The van der Waals surface area contributed by atoms with Gasteiger partial charge in [0, 0.05) is 16.1 Å². The van der Waals surface area contributed by atoms with Crippen molar-refractivity contribution in [2.75, 3.05) is 6.16 Å². The van der Waals surface area contributed by atoms with Crippen LogP contribution in [-0.4, -0.2) is 35.0 Å². The largest absolute Gasteiger partial charge is 0.108 e. The second-order valence-corrected chi connectivity index (χ2v) is 38.7. The number of hydrogen-bond acceptors (Lipinski definition) is 0. The lowest BCUT2D eigenvalue weighted by Gasteiger charge is -2.47. The summed E-state index contributed by atoms with van der Waals surface area (Å²) in [5, 5.41) is 0. The van der Waals surface area contributed by atoms with Gasteiger partial charge < -0.3 is 0 Å². The zero-order valence-corrected chi connectivity index (χ0v) is 24.1. The summed E-state index contributed by atoms with van der Waals surface area (Å²) in [5.74, 6) is 8.04. The Balaban J connectivity index is 3.21. The van der Waals surface area contributed by atoms with Crippen molar-refractivity contribution in [3.63, 3.8) is 0 Å². The first-order valence-electron chi connectivity index (χ1n) is 9.73. The van der Waals surface area contributed by atoms with E-state index in [2.05, 4.69) is 86.6 Å². The van der Waals surface area contributed by atoms with Crippen molar-refractivity contribution in [2.45, 2.75) is 91.5 Å². The molecule has 0 aliphatic heterocycles. The lowest BCUT2D eigenvalue weighted by Crippen LogP contribution is -2.52. The van der Waals surface area contributed by atoms with Gasteiger partial charge >= 0.3 is 0 Å². The van der Waals surface area contributed by atoms with Crippen molar-refractivity contribution in [1.29, 1.82) is 0 Å². The third-order valence-corrected chi connectivity index (χ3v) is 36.9. The molecule has 1 fully saturated rings. The van der Waals surface area contributed by atoms with E-state index in [1.165, 1.54) is 14.0 Å². The molecular formula is C20H43P2Si3. The standard InChI is InChI=1S/C20H43P2Si3/c1-15-16(2)18(4)19(17(15)3)14-22(21-25(11,12)13)20(23(5,6)7)24(8,9)10/h20-21H,14H2,1-13H3. The topological polar surface area (TPSA) is 0 Å². The summed E-state index contributed by atoms with van der Waals surface area (Å²) in [5.41, 5.74) is 0. The molecule has 1 aliphatic rings.